The summed E-state index contributed by atoms with van der Waals surface area (Å²) in [5, 5.41) is 3.81. The number of aromatic nitrogens is 1. The SMILES string of the molecule is Cc1[nH]c2ccc(C(=O)OCC(=O)N3CCN(C(=O)Nc4ccccc4)CC3)cc2c1C. The van der Waals surface area contributed by atoms with Crippen LogP contribution < -0.4 is 5.32 Å². The van der Waals surface area contributed by atoms with Crippen LogP contribution >= 0.6 is 0 Å². The maximum absolute atomic E-state index is 12.5. The first kappa shape index (κ1) is 21.4. The lowest BCUT2D eigenvalue weighted by atomic mass is 10.1. The van der Waals surface area contributed by atoms with Gasteiger partial charge in [-0.1, -0.05) is 18.2 Å². The lowest BCUT2D eigenvalue weighted by Gasteiger charge is -2.34. The van der Waals surface area contributed by atoms with Gasteiger partial charge < -0.3 is 24.8 Å². The van der Waals surface area contributed by atoms with Crippen molar-refractivity contribution >= 4 is 34.5 Å². The van der Waals surface area contributed by atoms with E-state index in [1.165, 1.54) is 0 Å². The number of para-hydroxylation sites is 1. The van der Waals surface area contributed by atoms with Crippen LogP contribution in [0.25, 0.3) is 10.9 Å². The highest BCUT2D eigenvalue weighted by molar-refractivity contribution is 5.97. The van der Waals surface area contributed by atoms with E-state index in [2.05, 4.69) is 10.3 Å². The third-order valence-electron chi connectivity index (χ3n) is 5.82. The van der Waals surface area contributed by atoms with Gasteiger partial charge in [0.15, 0.2) is 6.61 Å². The van der Waals surface area contributed by atoms with Gasteiger partial charge in [0.05, 0.1) is 5.56 Å². The van der Waals surface area contributed by atoms with Crippen molar-refractivity contribution in [2.45, 2.75) is 13.8 Å². The molecule has 8 heteroatoms. The normalized spacial score (nSPS) is 13.8. The molecule has 2 N–H and O–H groups in total. The van der Waals surface area contributed by atoms with Crippen molar-refractivity contribution in [3.05, 3.63) is 65.4 Å². The number of nitrogens with one attached hydrogen (secondary N) is 2. The molecule has 0 unspecified atom stereocenters. The Morgan fingerprint density at radius 1 is 0.969 bits per heavy atom. The summed E-state index contributed by atoms with van der Waals surface area (Å²) in [5.74, 6) is -0.796. The Bertz CT molecular complexity index is 1150. The van der Waals surface area contributed by atoms with Gasteiger partial charge in [0.25, 0.3) is 5.91 Å². The van der Waals surface area contributed by atoms with Gasteiger partial charge in [-0.05, 0) is 49.7 Å². The molecule has 2 aromatic carbocycles. The number of carbonyl (C=O) groups excluding carboxylic acids is 3. The van der Waals surface area contributed by atoms with E-state index in [0.717, 1.165) is 27.8 Å². The van der Waals surface area contributed by atoms with Gasteiger partial charge in [0.1, 0.15) is 0 Å². The molecule has 1 aliphatic heterocycles. The predicted molar refractivity (Wildman–Crippen MR) is 122 cm³/mol. The molecule has 1 fully saturated rings. The standard InChI is InChI=1S/C24H26N4O4/c1-16-17(2)25-21-9-8-18(14-20(16)21)23(30)32-15-22(29)27-10-12-28(13-11-27)24(31)26-19-6-4-3-5-7-19/h3-9,14,25H,10-13,15H2,1-2H3,(H,26,31). The van der Waals surface area contributed by atoms with Crippen molar-refractivity contribution in [1.82, 2.24) is 14.8 Å². The third kappa shape index (κ3) is 4.59. The number of aromatic amines is 1. The molecule has 0 saturated carbocycles. The summed E-state index contributed by atoms with van der Waals surface area (Å²) in [4.78, 5) is 43.9. The summed E-state index contributed by atoms with van der Waals surface area (Å²) in [6.07, 6.45) is 0. The van der Waals surface area contributed by atoms with E-state index < -0.39 is 5.97 Å². The van der Waals surface area contributed by atoms with Gasteiger partial charge in [0.2, 0.25) is 0 Å². The topological polar surface area (TPSA) is 94.7 Å². The highest BCUT2D eigenvalue weighted by atomic mass is 16.5. The number of amides is 3. The molecule has 8 nitrogen and oxygen atoms in total. The molecule has 3 aromatic rings. The summed E-state index contributed by atoms with van der Waals surface area (Å²) in [7, 11) is 0. The lowest BCUT2D eigenvalue weighted by Crippen LogP contribution is -2.52. The van der Waals surface area contributed by atoms with Gasteiger partial charge in [-0.3, -0.25) is 4.79 Å². The number of esters is 1. The molecule has 0 spiro atoms. The number of piperazine rings is 1. The van der Waals surface area contributed by atoms with E-state index >= 15 is 0 Å². The van der Waals surface area contributed by atoms with E-state index in [1.54, 1.807) is 21.9 Å². The van der Waals surface area contributed by atoms with Gasteiger partial charge in [-0.2, -0.15) is 0 Å². The van der Waals surface area contributed by atoms with Crippen LogP contribution in [0.1, 0.15) is 21.6 Å². The van der Waals surface area contributed by atoms with E-state index in [-0.39, 0.29) is 18.5 Å². The Balaban J connectivity index is 1.26. The maximum Gasteiger partial charge on any atom is 0.338 e. The second kappa shape index (κ2) is 9.13. The average Bonchev–Trinajstić information content (AvgIpc) is 3.10. The number of hydrogen-bond donors (Lipinski definition) is 2. The Kier molecular flexibility index (Phi) is 6.11. The molecular weight excluding hydrogens is 408 g/mol. The molecule has 4 rings (SSSR count). The molecule has 1 aliphatic rings. The Labute approximate surface area is 186 Å². The maximum atomic E-state index is 12.5. The zero-order chi connectivity index (χ0) is 22.7. The monoisotopic (exact) mass is 434 g/mol. The molecule has 0 aliphatic carbocycles. The fourth-order valence-corrected chi connectivity index (χ4v) is 3.77. The number of rotatable bonds is 4. The quantitative estimate of drug-likeness (QED) is 0.616. The number of benzene rings is 2. The molecule has 2 heterocycles. The van der Waals surface area contributed by atoms with Crippen LogP contribution in [0.2, 0.25) is 0 Å². The van der Waals surface area contributed by atoms with Crippen molar-refractivity contribution in [2.75, 3.05) is 38.1 Å². The summed E-state index contributed by atoms with van der Waals surface area (Å²) < 4.78 is 5.26. The molecule has 3 amide bonds. The largest absolute Gasteiger partial charge is 0.452 e. The minimum Gasteiger partial charge on any atom is -0.452 e. The van der Waals surface area contributed by atoms with Crippen LogP contribution in [-0.4, -0.2) is 65.5 Å². The first-order valence-electron chi connectivity index (χ1n) is 10.6. The Morgan fingerprint density at radius 2 is 1.66 bits per heavy atom. The van der Waals surface area contributed by atoms with Crippen molar-refractivity contribution in [1.29, 1.82) is 0 Å². The summed E-state index contributed by atoms with van der Waals surface area (Å²) in [5.41, 5.74) is 4.24. The van der Waals surface area contributed by atoms with E-state index in [0.29, 0.717) is 31.7 Å². The minimum absolute atomic E-state index is 0.194. The van der Waals surface area contributed by atoms with Crippen LogP contribution in [0.5, 0.6) is 0 Å². The average molecular weight is 434 g/mol. The fraction of sp³-hybridized carbons (Fsp3) is 0.292. The number of nitrogens with zero attached hydrogens (tertiary/aromatic N) is 2. The van der Waals surface area contributed by atoms with Gasteiger partial charge in [-0.15, -0.1) is 0 Å². The molecule has 1 aromatic heterocycles. The summed E-state index contributed by atoms with van der Waals surface area (Å²) >= 11 is 0. The van der Waals surface area contributed by atoms with Crippen molar-refractivity contribution in [3.63, 3.8) is 0 Å². The van der Waals surface area contributed by atoms with E-state index in [9.17, 15) is 14.4 Å². The van der Waals surface area contributed by atoms with Crippen LogP contribution in [-0.2, 0) is 9.53 Å². The van der Waals surface area contributed by atoms with E-state index in [4.69, 9.17) is 4.74 Å². The van der Waals surface area contributed by atoms with Crippen molar-refractivity contribution < 1.29 is 19.1 Å². The summed E-state index contributed by atoms with van der Waals surface area (Å²) in [6, 6.07) is 14.4. The van der Waals surface area contributed by atoms with Crippen LogP contribution in [0.15, 0.2) is 48.5 Å². The molecule has 0 radical (unpaired) electrons. The number of urea groups is 1. The summed E-state index contributed by atoms with van der Waals surface area (Å²) in [6.45, 7) is 5.28. The highest BCUT2D eigenvalue weighted by Gasteiger charge is 2.25. The van der Waals surface area contributed by atoms with Gasteiger partial charge in [-0.25, -0.2) is 9.59 Å². The number of hydrogen-bond acceptors (Lipinski definition) is 4. The number of ether oxygens (including phenoxy) is 1. The number of fused-ring (bicyclic) bond motifs is 1. The second-order valence-corrected chi connectivity index (χ2v) is 7.88. The second-order valence-electron chi connectivity index (χ2n) is 7.88. The van der Waals surface area contributed by atoms with Crippen LogP contribution in [0.4, 0.5) is 10.5 Å². The molecule has 1 saturated heterocycles. The number of aryl methyl sites for hydroxylation is 2. The van der Waals surface area contributed by atoms with Crippen LogP contribution in [0, 0.1) is 13.8 Å². The van der Waals surface area contributed by atoms with Crippen LogP contribution in [0.3, 0.4) is 0 Å². The number of H-pyrrole nitrogens is 1. The zero-order valence-corrected chi connectivity index (χ0v) is 18.2. The number of anilines is 1. The van der Waals surface area contributed by atoms with Crippen molar-refractivity contribution in [2.24, 2.45) is 0 Å². The van der Waals surface area contributed by atoms with Gasteiger partial charge in [0, 0.05) is 48.5 Å². The highest BCUT2D eigenvalue weighted by Crippen LogP contribution is 2.22. The third-order valence-corrected chi connectivity index (χ3v) is 5.82. The molecular formula is C24H26N4O4. The zero-order valence-electron chi connectivity index (χ0n) is 18.2. The smallest absolute Gasteiger partial charge is 0.338 e. The number of carbonyl (C=O) groups is 3. The Morgan fingerprint density at radius 3 is 2.38 bits per heavy atom. The molecule has 32 heavy (non-hydrogen) atoms. The molecule has 0 bridgehead atoms. The van der Waals surface area contributed by atoms with Crippen molar-refractivity contribution in [3.8, 4) is 0 Å². The molecule has 0 atom stereocenters. The minimum atomic E-state index is -0.528. The first-order valence-corrected chi connectivity index (χ1v) is 10.6. The molecule has 166 valence electrons. The Hall–Kier alpha value is -3.81. The van der Waals surface area contributed by atoms with E-state index in [1.807, 2.05) is 50.2 Å². The first-order chi connectivity index (χ1) is 15.4. The lowest BCUT2D eigenvalue weighted by molar-refractivity contribution is -0.135. The fourth-order valence-electron chi connectivity index (χ4n) is 3.77. The predicted octanol–water partition coefficient (Wildman–Crippen LogP) is 3.32. The van der Waals surface area contributed by atoms with Gasteiger partial charge >= 0.3 is 12.0 Å².